The number of hydrogen-bond donors (Lipinski definition) is 1. The normalized spacial score (nSPS) is 19.0. The third kappa shape index (κ3) is 3.90. The predicted octanol–water partition coefficient (Wildman–Crippen LogP) is 5.04. The second-order valence-corrected chi connectivity index (χ2v) is 7.07. The van der Waals surface area contributed by atoms with Crippen molar-refractivity contribution in [1.82, 2.24) is 10.1 Å². The topological polar surface area (TPSA) is 58.4 Å². The van der Waals surface area contributed by atoms with Gasteiger partial charge in [-0.3, -0.25) is 5.32 Å². The Morgan fingerprint density at radius 2 is 2.23 bits per heavy atom. The summed E-state index contributed by atoms with van der Waals surface area (Å²) >= 11 is 5.96. The number of anilines is 1. The Kier molecular flexibility index (Phi) is 5.32. The fraction of sp³-hybridized carbons (Fsp3) is 0.368. The lowest BCUT2D eigenvalue weighted by atomic mass is 9.91. The number of carbonyl (C=O) groups is 1. The van der Waals surface area contributed by atoms with Gasteiger partial charge in [-0.2, -0.15) is 0 Å². The summed E-state index contributed by atoms with van der Waals surface area (Å²) in [6.45, 7) is 6.80. The summed E-state index contributed by atoms with van der Waals surface area (Å²) < 4.78 is 19.1. The van der Waals surface area contributed by atoms with Gasteiger partial charge >= 0.3 is 6.03 Å². The Bertz CT molecular complexity index is 862. The number of carbonyl (C=O) groups excluding carboxylic acids is 1. The van der Waals surface area contributed by atoms with E-state index in [9.17, 15) is 9.18 Å². The van der Waals surface area contributed by atoms with Crippen molar-refractivity contribution in [1.29, 1.82) is 0 Å². The van der Waals surface area contributed by atoms with E-state index in [0.717, 1.165) is 16.8 Å². The van der Waals surface area contributed by atoms with Gasteiger partial charge in [0, 0.05) is 29.2 Å². The molecule has 1 fully saturated rings. The number of benzene rings is 1. The van der Waals surface area contributed by atoms with Crippen LogP contribution in [0.25, 0.3) is 6.08 Å². The van der Waals surface area contributed by atoms with E-state index >= 15 is 0 Å². The van der Waals surface area contributed by atoms with E-state index in [-0.39, 0.29) is 17.8 Å². The van der Waals surface area contributed by atoms with Gasteiger partial charge < -0.3 is 9.42 Å². The average Bonchev–Trinajstić information content (AvgIpc) is 2.91. The molecule has 1 N–H and O–H groups in total. The Morgan fingerprint density at radius 1 is 1.46 bits per heavy atom. The molecule has 1 atom stereocenters. The van der Waals surface area contributed by atoms with Crippen LogP contribution in [0.1, 0.15) is 30.2 Å². The van der Waals surface area contributed by atoms with Crippen LogP contribution in [0.15, 0.2) is 28.3 Å². The molecule has 1 unspecified atom stereocenters. The van der Waals surface area contributed by atoms with Crippen molar-refractivity contribution in [2.24, 2.45) is 5.92 Å². The minimum Gasteiger partial charge on any atom is -0.338 e. The number of aromatic nitrogens is 1. The van der Waals surface area contributed by atoms with Crippen molar-refractivity contribution in [2.45, 2.75) is 27.2 Å². The highest BCUT2D eigenvalue weighted by Gasteiger charge is 2.26. The Balaban J connectivity index is 1.68. The molecule has 1 saturated heterocycles. The highest BCUT2D eigenvalue weighted by molar-refractivity contribution is 6.30. The van der Waals surface area contributed by atoms with E-state index < -0.39 is 0 Å². The van der Waals surface area contributed by atoms with Crippen molar-refractivity contribution in [3.63, 3.8) is 0 Å². The number of hydrogen-bond acceptors (Lipinski definition) is 3. The molecule has 2 heterocycles. The van der Waals surface area contributed by atoms with E-state index in [1.54, 1.807) is 11.0 Å². The second-order valence-electron chi connectivity index (χ2n) is 6.63. The predicted molar refractivity (Wildman–Crippen MR) is 99.7 cm³/mol. The Morgan fingerprint density at radius 3 is 2.88 bits per heavy atom. The number of rotatable bonds is 2. The molecule has 0 radical (unpaired) electrons. The molecule has 1 aromatic heterocycles. The standard InChI is InChI=1S/C19H21ClFN3O2/c1-11-10-24(19(25)22-18-12(2)13(3)23-26-18)7-6-14(11)8-15-9-16(20)4-5-17(15)21/h4-5,8-9,11H,6-7,10H2,1-3H3,(H,22,25). The average molecular weight is 378 g/mol. The lowest BCUT2D eigenvalue weighted by Gasteiger charge is -2.33. The largest absolute Gasteiger partial charge is 0.338 e. The van der Waals surface area contributed by atoms with Crippen LogP contribution in [-0.4, -0.2) is 29.2 Å². The van der Waals surface area contributed by atoms with Gasteiger partial charge in [0.1, 0.15) is 5.82 Å². The zero-order valence-corrected chi connectivity index (χ0v) is 15.7. The molecule has 138 valence electrons. The molecule has 0 saturated carbocycles. The molecule has 2 aromatic rings. The molecule has 1 aliphatic rings. The maximum absolute atomic E-state index is 13.9. The fourth-order valence-corrected chi connectivity index (χ4v) is 3.16. The minimum absolute atomic E-state index is 0.116. The number of nitrogens with zero attached hydrogens (tertiary/aromatic N) is 2. The van der Waals surface area contributed by atoms with E-state index in [2.05, 4.69) is 10.5 Å². The quantitative estimate of drug-likeness (QED) is 0.797. The first-order chi connectivity index (χ1) is 12.3. The summed E-state index contributed by atoms with van der Waals surface area (Å²) in [5.74, 6) is 0.193. The summed E-state index contributed by atoms with van der Waals surface area (Å²) in [4.78, 5) is 14.2. The van der Waals surface area contributed by atoms with E-state index in [0.29, 0.717) is 36.0 Å². The number of urea groups is 1. The molecule has 7 heteroatoms. The molecule has 5 nitrogen and oxygen atoms in total. The number of aryl methyl sites for hydroxylation is 1. The molecular formula is C19H21ClFN3O2. The monoisotopic (exact) mass is 377 g/mol. The van der Waals surface area contributed by atoms with Gasteiger partial charge in [0.25, 0.3) is 0 Å². The first-order valence-electron chi connectivity index (χ1n) is 8.49. The number of halogens is 2. The second kappa shape index (κ2) is 7.50. The van der Waals surface area contributed by atoms with Gasteiger partial charge in [0.2, 0.25) is 5.88 Å². The van der Waals surface area contributed by atoms with Crippen molar-refractivity contribution in [3.05, 3.63) is 51.4 Å². The summed E-state index contributed by atoms with van der Waals surface area (Å²) in [5.41, 5.74) is 3.15. The van der Waals surface area contributed by atoms with E-state index in [4.69, 9.17) is 16.1 Å². The number of piperidine rings is 1. The fourth-order valence-electron chi connectivity index (χ4n) is 2.98. The molecular weight excluding hydrogens is 357 g/mol. The smallest absolute Gasteiger partial charge is 0.324 e. The van der Waals surface area contributed by atoms with Crippen LogP contribution in [0.3, 0.4) is 0 Å². The van der Waals surface area contributed by atoms with Crippen LogP contribution in [0.2, 0.25) is 5.02 Å². The van der Waals surface area contributed by atoms with Gasteiger partial charge in [-0.1, -0.05) is 35.3 Å². The zero-order valence-electron chi connectivity index (χ0n) is 15.0. The highest BCUT2D eigenvalue weighted by atomic mass is 35.5. The molecule has 0 aliphatic carbocycles. The zero-order chi connectivity index (χ0) is 18.8. The Labute approximate surface area is 156 Å². The first kappa shape index (κ1) is 18.5. The summed E-state index contributed by atoms with van der Waals surface area (Å²) in [7, 11) is 0. The van der Waals surface area contributed by atoms with Gasteiger partial charge in [0.15, 0.2) is 0 Å². The maximum atomic E-state index is 13.9. The molecule has 1 aromatic carbocycles. The molecule has 1 aliphatic heterocycles. The van der Waals surface area contributed by atoms with Crippen LogP contribution < -0.4 is 5.32 Å². The van der Waals surface area contributed by atoms with Crippen LogP contribution in [0.4, 0.5) is 15.1 Å². The van der Waals surface area contributed by atoms with Gasteiger partial charge in [-0.05, 0) is 44.4 Å². The van der Waals surface area contributed by atoms with Crippen molar-refractivity contribution >= 4 is 29.6 Å². The van der Waals surface area contributed by atoms with Crippen LogP contribution in [0, 0.1) is 25.6 Å². The number of nitrogens with one attached hydrogen (secondary N) is 1. The molecule has 2 amide bonds. The highest BCUT2D eigenvalue weighted by Crippen LogP contribution is 2.27. The maximum Gasteiger partial charge on any atom is 0.324 e. The van der Waals surface area contributed by atoms with Gasteiger partial charge in [0.05, 0.1) is 5.69 Å². The SMILES string of the molecule is Cc1noc(NC(=O)N2CCC(=Cc3cc(Cl)ccc3F)C(C)C2)c1C. The van der Waals surface area contributed by atoms with Gasteiger partial charge in [-0.25, -0.2) is 9.18 Å². The Hall–Kier alpha value is -2.34. The van der Waals surface area contributed by atoms with Crippen molar-refractivity contribution < 1.29 is 13.7 Å². The van der Waals surface area contributed by atoms with Crippen molar-refractivity contribution in [2.75, 3.05) is 18.4 Å². The summed E-state index contributed by atoms with van der Waals surface area (Å²) in [5, 5.41) is 7.10. The van der Waals surface area contributed by atoms with Crippen LogP contribution in [0.5, 0.6) is 0 Å². The lowest BCUT2D eigenvalue weighted by molar-refractivity contribution is 0.197. The van der Waals surface area contributed by atoms with Crippen molar-refractivity contribution in [3.8, 4) is 0 Å². The third-order valence-corrected chi connectivity index (χ3v) is 5.00. The van der Waals surface area contributed by atoms with Crippen LogP contribution >= 0.6 is 11.6 Å². The van der Waals surface area contributed by atoms with Crippen LogP contribution in [-0.2, 0) is 0 Å². The summed E-state index contributed by atoms with van der Waals surface area (Å²) in [6, 6.07) is 4.29. The minimum atomic E-state index is -0.301. The van der Waals surface area contributed by atoms with Gasteiger partial charge in [-0.15, -0.1) is 0 Å². The number of amides is 2. The lowest BCUT2D eigenvalue weighted by Crippen LogP contribution is -2.42. The van der Waals surface area contributed by atoms with E-state index in [1.165, 1.54) is 12.1 Å². The molecule has 26 heavy (non-hydrogen) atoms. The number of likely N-dealkylation sites (tertiary alicyclic amines) is 1. The molecule has 0 spiro atoms. The summed E-state index contributed by atoms with van der Waals surface area (Å²) in [6.07, 6.45) is 2.51. The molecule has 3 rings (SSSR count). The first-order valence-corrected chi connectivity index (χ1v) is 8.87. The third-order valence-electron chi connectivity index (χ3n) is 4.76. The van der Waals surface area contributed by atoms with E-state index in [1.807, 2.05) is 26.8 Å². The molecule has 0 bridgehead atoms.